The normalized spacial score (nSPS) is 13.8. The van der Waals surface area contributed by atoms with Crippen molar-refractivity contribution in [3.63, 3.8) is 0 Å². The van der Waals surface area contributed by atoms with Gasteiger partial charge in [0.15, 0.2) is 5.69 Å². The minimum atomic E-state index is -0.108. The van der Waals surface area contributed by atoms with Crippen LogP contribution in [0.5, 0.6) is 0 Å². The Balaban J connectivity index is 1.98. The summed E-state index contributed by atoms with van der Waals surface area (Å²) in [6.07, 6.45) is 0.860. The van der Waals surface area contributed by atoms with Gasteiger partial charge in [-0.2, -0.15) is 0 Å². The van der Waals surface area contributed by atoms with E-state index < -0.39 is 0 Å². The van der Waals surface area contributed by atoms with Crippen LogP contribution in [0.25, 0.3) is 0 Å². The van der Waals surface area contributed by atoms with Gasteiger partial charge >= 0.3 is 0 Å². The van der Waals surface area contributed by atoms with Gasteiger partial charge in [0.25, 0.3) is 5.91 Å². The van der Waals surface area contributed by atoms with Crippen molar-refractivity contribution in [3.8, 4) is 0 Å². The van der Waals surface area contributed by atoms with Crippen molar-refractivity contribution in [2.45, 2.75) is 6.42 Å². The maximum Gasteiger partial charge on any atom is 0.279 e. The third-order valence-electron chi connectivity index (χ3n) is 2.83. The van der Waals surface area contributed by atoms with Crippen molar-refractivity contribution in [2.24, 2.45) is 0 Å². The van der Waals surface area contributed by atoms with Crippen LogP contribution < -0.4 is 10.6 Å². The molecule has 0 fully saturated rings. The van der Waals surface area contributed by atoms with E-state index >= 15 is 0 Å². The molecule has 6 heteroatoms. The van der Waals surface area contributed by atoms with Gasteiger partial charge in [-0.25, -0.2) is 0 Å². The highest BCUT2D eigenvalue weighted by Crippen LogP contribution is 2.30. The van der Waals surface area contributed by atoms with E-state index in [1.165, 1.54) is 11.5 Å². The number of rotatable bonds is 1. The molecule has 86 valence electrons. The smallest absolute Gasteiger partial charge is 0.279 e. The summed E-state index contributed by atoms with van der Waals surface area (Å²) >= 11 is 1.18. The number of fused-ring (bicyclic) bond motifs is 1. The Labute approximate surface area is 102 Å². The molecular weight excluding hydrogens is 236 g/mol. The fraction of sp³-hybridized carbons (Fsp3) is 0.182. The number of anilines is 2. The molecule has 1 aliphatic heterocycles. The molecule has 2 aromatic rings. The molecule has 1 aromatic carbocycles. The quantitative estimate of drug-likeness (QED) is 0.770. The van der Waals surface area contributed by atoms with Gasteiger partial charge in [0.2, 0.25) is 0 Å². The first-order valence-corrected chi connectivity index (χ1v) is 6.06. The number of nitrogen functional groups attached to an aromatic ring is 1. The molecular formula is C11H10N4OS. The van der Waals surface area contributed by atoms with Crippen LogP contribution in [0.3, 0.4) is 0 Å². The Morgan fingerprint density at radius 3 is 3.12 bits per heavy atom. The lowest BCUT2D eigenvalue weighted by atomic mass is 10.1. The van der Waals surface area contributed by atoms with Gasteiger partial charge in [0, 0.05) is 23.3 Å². The standard InChI is InChI=1S/C11H10N4OS/c12-8-2-1-7-3-4-15(10(7)5-8)11(16)9-6-17-14-13-9/h1-2,5-6H,3-4,12H2. The Hall–Kier alpha value is -1.95. The minimum absolute atomic E-state index is 0.108. The van der Waals surface area contributed by atoms with E-state index in [1.54, 1.807) is 10.3 Å². The summed E-state index contributed by atoms with van der Waals surface area (Å²) in [5, 5.41) is 5.46. The predicted molar refractivity (Wildman–Crippen MR) is 66.1 cm³/mol. The summed E-state index contributed by atoms with van der Waals surface area (Å²) in [5.41, 5.74) is 8.85. The fourth-order valence-electron chi connectivity index (χ4n) is 2.00. The van der Waals surface area contributed by atoms with Crippen molar-refractivity contribution in [1.82, 2.24) is 9.59 Å². The molecule has 0 unspecified atom stereocenters. The molecule has 0 atom stereocenters. The highest BCUT2D eigenvalue weighted by molar-refractivity contribution is 7.03. The molecule has 0 saturated heterocycles. The lowest BCUT2D eigenvalue weighted by Gasteiger charge is -2.15. The highest BCUT2D eigenvalue weighted by Gasteiger charge is 2.26. The van der Waals surface area contributed by atoms with E-state index in [1.807, 2.05) is 18.2 Å². The topological polar surface area (TPSA) is 72.1 Å². The fourth-order valence-corrected chi connectivity index (χ4v) is 2.43. The number of hydrogen-bond acceptors (Lipinski definition) is 5. The van der Waals surface area contributed by atoms with Gasteiger partial charge < -0.3 is 10.6 Å². The number of hydrogen-bond donors (Lipinski definition) is 1. The van der Waals surface area contributed by atoms with E-state index in [0.717, 1.165) is 17.7 Å². The van der Waals surface area contributed by atoms with E-state index in [0.29, 0.717) is 17.9 Å². The number of nitrogens with two attached hydrogens (primary N) is 1. The van der Waals surface area contributed by atoms with Crippen LogP contribution in [0.1, 0.15) is 16.1 Å². The number of benzene rings is 1. The molecule has 17 heavy (non-hydrogen) atoms. The molecule has 0 aliphatic carbocycles. The van der Waals surface area contributed by atoms with Crippen LogP contribution in [0.15, 0.2) is 23.6 Å². The van der Waals surface area contributed by atoms with Crippen molar-refractivity contribution < 1.29 is 4.79 Å². The zero-order valence-electron chi connectivity index (χ0n) is 8.96. The molecule has 0 spiro atoms. The summed E-state index contributed by atoms with van der Waals surface area (Å²) in [7, 11) is 0. The number of carbonyl (C=O) groups is 1. The molecule has 2 N–H and O–H groups in total. The molecule has 1 aliphatic rings. The van der Waals surface area contributed by atoms with Gasteiger partial charge in [-0.05, 0) is 35.6 Å². The Morgan fingerprint density at radius 2 is 2.35 bits per heavy atom. The zero-order valence-corrected chi connectivity index (χ0v) is 9.78. The number of amides is 1. The minimum Gasteiger partial charge on any atom is -0.399 e. The van der Waals surface area contributed by atoms with E-state index in [9.17, 15) is 4.79 Å². The van der Waals surface area contributed by atoms with Crippen molar-refractivity contribution in [1.29, 1.82) is 0 Å². The molecule has 1 amide bonds. The van der Waals surface area contributed by atoms with Gasteiger partial charge in [-0.3, -0.25) is 4.79 Å². The number of aromatic nitrogens is 2. The Morgan fingerprint density at radius 1 is 1.47 bits per heavy atom. The molecule has 3 rings (SSSR count). The molecule has 5 nitrogen and oxygen atoms in total. The molecule has 0 bridgehead atoms. The monoisotopic (exact) mass is 246 g/mol. The summed E-state index contributed by atoms with van der Waals surface area (Å²) in [4.78, 5) is 13.9. The third kappa shape index (κ3) is 1.66. The first kappa shape index (κ1) is 10.2. The van der Waals surface area contributed by atoms with Crippen molar-refractivity contribution in [3.05, 3.63) is 34.8 Å². The van der Waals surface area contributed by atoms with Crippen LogP contribution in [0.2, 0.25) is 0 Å². The molecule has 2 heterocycles. The van der Waals surface area contributed by atoms with Crippen LogP contribution in [-0.2, 0) is 6.42 Å². The Kier molecular flexibility index (Phi) is 2.29. The summed E-state index contributed by atoms with van der Waals surface area (Å²) < 4.78 is 3.71. The summed E-state index contributed by atoms with van der Waals surface area (Å²) in [5.74, 6) is -0.108. The largest absolute Gasteiger partial charge is 0.399 e. The van der Waals surface area contributed by atoms with Crippen LogP contribution in [-0.4, -0.2) is 22.0 Å². The second-order valence-corrected chi connectivity index (χ2v) is 4.49. The first-order valence-electron chi connectivity index (χ1n) is 5.23. The second-order valence-electron chi connectivity index (χ2n) is 3.89. The SMILES string of the molecule is Nc1ccc2c(c1)N(C(=O)c1csnn1)CC2. The average Bonchev–Trinajstić information content (AvgIpc) is 2.97. The number of nitrogens with zero attached hydrogens (tertiary/aromatic N) is 3. The van der Waals surface area contributed by atoms with Crippen LogP contribution >= 0.6 is 11.5 Å². The lowest BCUT2D eigenvalue weighted by molar-refractivity contribution is 0.0984. The van der Waals surface area contributed by atoms with E-state index in [4.69, 9.17) is 5.73 Å². The highest BCUT2D eigenvalue weighted by atomic mass is 32.1. The van der Waals surface area contributed by atoms with Crippen LogP contribution in [0, 0.1) is 0 Å². The molecule has 0 radical (unpaired) electrons. The maximum atomic E-state index is 12.2. The zero-order chi connectivity index (χ0) is 11.8. The van der Waals surface area contributed by atoms with Gasteiger partial charge in [0.1, 0.15) is 0 Å². The average molecular weight is 246 g/mol. The van der Waals surface area contributed by atoms with Crippen LogP contribution in [0.4, 0.5) is 11.4 Å². The lowest BCUT2D eigenvalue weighted by Crippen LogP contribution is -2.29. The van der Waals surface area contributed by atoms with Gasteiger partial charge in [0.05, 0.1) is 0 Å². The van der Waals surface area contributed by atoms with Gasteiger partial charge in [-0.15, -0.1) is 5.10 Å². The summed E-state index contributed by atoms with van der Waals surface area (Å²) in [6.45, 7) is 0.676. The first-order chi connectivity index (χ1) is 8.25. The Bertz CT molecular complexity index is 567. The predicted octanol–water partition coefficient (Wildman–Crippen LogP) is 1.32. The maximum absolute atomic E-state index is 12.2. The third-order valence-corrected chi connectivity index (χ3v) is 3.33. The summed E-state index contributed by atoms with van der Waals surface area (Å²) in [6, 6.07) is 5.66. The van der Waals surface area contributed by atoms with E-state index in [-0.39, 0.29) is 5.91 Å². The molecule has 0 saturated carbocycles. The van der Waals surface area contributed by atoms with Crippen molar-refractivity contribution in [2.75, 3.05) is 17.2 Å². The van der Waals surface area contributed by atoms with Crippen molar-refractivity contribution >= 4 is 28.8 Å². The number of carbonyl (C=O) groups excluding carboxylic acids is 1. The van der Waals surface area contributed by atoms with Gasteiger partial charge in [-0.1, -0.05) is 10.6 Å². The van der Waals surface area contributed by atoms with E-state index in [2.05, 4.69) is 9.59 Å². The molecule has 1 aromatic heterocycles. The second kappa shape index (κ2) is 3.81.